The number of nitrogens with zero attached hydrogens (tertiary/aromatic N) is 1. The van der Waals surface area contributed by atoms with Gasteiger partial charge in [-0.2, -0.15) is 0 Å². The highest BCUT2D eigenvalue weighted by Crippen LogP contribution is 2.13. The minimum Gasteiger partial charge on any atom is -0.350 e. The molecule has 27 heavy (non-hydrogen) atoms. The van der Waals surface area contributed by atoms with Crippen molar-refractivity contribution in [1.82, 2.24) is 5.32 Å². The van der Waals surface area contributed by atoms with Gasteiger partial charge in [0.15, 0.2) is 0 Å². The molecule has 2 rings (SSSR count). The van der Waals surface area contributed by atoms with Gasteiger partial charge in [-0.15, -0.1) is 0 Å². The molecule has 0 fully saturated rings. The molecule has 1 unspecified atom stereocenters. The van der Waals surface area contributed by atoms with E-state index < -0.39 is 4.92 Å². The zero-order valence-electron chi connectivity index (χ0n) is 15.1. The highest BCUT2D eigenvalue weighted by molar-refractivity contribution is 6.02. The maximum Gasteiger partial charge on any atom is 0.269 e. The first-order chi connectivity index (χ1) is 12.9. The molecule has 0 saturated heterocycles. The van der Waals surface area contributed by atoms with Gasteiger partial charge in [-0.05, 0) is 61.4 Å². The van der Waals surface area contributed by atoms with Crippen LogP contribution in [0, 0.1) is 10.1 Å². The van der Waals surface area contributed by atoms with Gasteiger partial charge in [0.1, 0.15) is 0 Å². The normalized spacial score (nSPS) is 11.8. The molecule has 0 heterocycles. The molecule has 0 bridgehead atoms. The van der Waals surface area contributed by atoms with Crippen LogP contribution in [-0.2, 0) is 4.79 Å². The van der Waals surface area contributed by atoms with E-state index in [-0.39, 0.29) is 23.5 Å². The summed E-state index contributed by atoms with van der Waals surface area (Å²) >= 11 is 0. The van der Waals surface area contributed by atoms with Crippen molar-refractivity contribution in [2.75, 3.05) is 5.32 Å². The largest absolute Gasteiger partial charge is 0.350 e. The van der Waals surface area contributed by atoms with Crippen molar-refractivity contribution in [3.8, 4) is 0 Å². The van der Waals surface area contributed by atoms with Crippen molar-refractivity contribution in [2.24, 2.45) is 0 Å². The van der Waals surface area contributed by atoms with Gasteiger partial charge in [0.2, 0.25) is 5.91 Å². The fraction of sp³-hybridized carbons (Fsp3) is 0.200. The summed E-state index contributed by atoms with van der Waals surface area (Å²) in [6, 6.07) is 12.6. The van der Waals surface area contributed by atoms with Crippen molar-refractivity contribution in [3.63, 3.8) is 0 Å². The fourth-order valence-corrected chi connectivity index (χ4v) is 2.18. The Morgan fingerprint density at radius 1 is 1.11 bits per heavy atom. The zero-order valence-corrected chi connectivity index (χ0v) is 15.1. The standard InChI is InChI=1S/C20H21N3O4/c1-3-14(2)21-20(25)16-7-9-17(10-8-16)22-19(24)13-6-15-4-11-18(12-5-15)23(26)27/h4-14H,3H2,1-2H3,(H,21,25)(H,22,24)/b13-6+. The Labute approximate surface area is 157 Å². The average molecular weight is 367 g/mol. The van der Waals surface area contributed by atoms with Crippen molar-refractivity contribution in [1.29, 1.82) is 0 Å². The molecule has 0 spiro atoms. The molecule has 1 atom stereocenters. The monoisotopic (exact) mass is 367 g/mol. The Morgan fingerprint density at radius 3 is 2.30 bits per heavy atom. The van der Waals surface area contributed by atoms with Crippen LogP contribution < -0.4 is 10.6 Å². The third kappa shape index (κ3) is 6.07. The molecule has 0 aliphatic heterocycles. The van der Waals surface area contributed by atoms with Crippen LogP contribution in [0.2, 0.25) is 0 Å². The zero-order chi connectivity index (χ0) is 19.8. The van der Waals surface area contributed by atoms with E-state index in [1.807, 2.05) is 13.8 Å². The Morgan fingerprint density at radius 2 is 1.74 bits per heavy atom. The number of nitrogens with one attached hydrogen (secondary N) is 2. The van der Waals surface area contributed by atoms with Crippen LogP contribution in [0.4, 0.5) is 11.4 Å². The summed E-state index contributed by atoms with van der Waals surface area (Å²) in [5, 5.41) is 16.2. The molecule has 0 radical (unpaired) electrons. The minimum atomic E-state index is -0.479. The van der Waals surface area contributed by atoms with Crippen LogP contribution in [0.5, 0.6) is 0 Å². The van der Waals surface area contributed by atoms with E-state index in [9.17, 15) is 19.7 Å². The summed E-state index contributed by atoms with van der Waals surface area (Å²) in [7, 11) is 0. The second-order valence-corrected chi connectivity index (χ2v) is 6.03. The first kappa shape index (κ1) is 19.8. The third-order valence-corrected chi connectivity index (χ3v) is 3.94. The summed E-state index contributed by atoms with van der Waals surface area (Å²) in [5.74, 6) is -0.495. The van der Waals surface area contributed by atoms with E-state index in [2.05, 4.69) is 10.6 Å². The molecule has 2 aromatic rings. The van der Waals surface area contributed by atoms with E-state index in [0.717, 1.165) is 6.42 Å². The van der Waals surface area contributed by atoms with Crippen molar-refractivity contribution < 1.29 is 14.5 Å². The third-order valence-electron chi connectivity index (χ3n) is 3.94. The number of non-ortho nitro benzene ring substituents is 1. The van der Waals surface area contributed by atoms with E-state index in [0.29, 0.717) is 16.8 Å². The van der Waals surface area contributed by atoms with Gasteiger partial charge < -0.3 is 10.6 Å². The second kappa shape index (κ2) is 9.28. The van der Waals surface area contributed by atoms with Gasteiger partial charge in [-0.25, -0.2) is 0 Å². The number of anilines is 1. The van der Waals surface area contributed by atoms with Crippen LogP contribution >= 0.6 is 0 Å². The van der Waals surface area contributed by atoms with Crippen LogP contribution in [-0.4, -0.2) is 22.8 Å². The summed E-state index contributed by atoms with van der Waals surface area (Å²) in [6.45, 7) is 3.93. The van der Waals surface area contributed by atoms with Gasteiger partial charge in [-0.3, -0.25) is 19.7 Å². The quantitative estimate of drug-likeness (QED) is 0.442. The number of rotatable bonds is 7. The number of carbonyl (C=O) groups is 2. The number of hydrogen-bond donors (Lipinski definition) is 2. The molecule has 7 nitrogen and oxygen atoms in total. The first-order valence-corrected chi connectivity index (χ1v) is 8.53. The Kier molecular flexibility index (Phi) is 6.82. The predicted octanol–water partition coefficient (Wildman–Crippen LogP) is 3.78. The van der Waals surface area contributed by atoms with Crippen molar-refractivity contribution in [3.05, 3.63) is 75.8 Å². The minimum absolute atomic E-state index is 0.00550. The lowest BCUT2D eigenvalue weighted by Gasteiger charge is -2.11. The summed E-state index contributed by atoms with van der Waals surface area (Å²) in [6.07, 6.45) is 3.75. The molecule has 7 heteroatoms. The van der Waals surface area contributed by atoms with Gasteiger partial charge in [0.25, 0.3) is 11.6 Å². The molecule has 0 aromatic heterocycles. The molecule has 140 valence electrons. The lowest BCUT2D eigenvalue weighted by Crippen LogP contribution is -2.31. The van der Waals surface area contributed by atoms with Crippen LogP contribution in [0.25, 0.3) is 6.08 Å². The smallest absolute Gasteiger partial charge is 0.269 e. The van der Waals surface area contributed by atoms with Gasteiger partial charge in [-0.1, -0.05) is 6.92 Å². The van der Waals surface area contributed by atoms with E-state index >= 15 is 0 Å². The van der Waals surface area contributed by atoms with Gasteiger partial charge in [0, 0.05) is 35.5 Å². The summed E-state index contributed by atoms with van der Waals surface area (Å²) in [5.41, 5.74) is 1.75. The highest BCUT2D eigenvalue weighted by atomic mass is 16.6. The summed E-state index contributed by atoms with van der Waals surface area (Å²) in [4.78, 5) is 34.1. The SMILES string of the molecule is CCC(C)NC(=O)c1ccc(NC(=O)/C=C/c2ccc([N+](=O)[O-])cc2)cc1. The van der Waals surface area contributed by atoms with E-state index in [1.54, 1.807) is 42.5 Å². The van der Waals surface area contributed by atoms with Crippen molar-refractivity contribution >= 4 is 29.3 Å². The molecule has 2 N–H and O–H groups in total. The van der Waals surface area contributed by atoms with Gasteiger partial charge >= 0.3 is 0 Å². The molecule has 0 aliphatic rings. The lowest BCUT2D eigenvalue weighted by atomic mass is 10.1. The van der Waals surface area contributed by atoms with Crippen LogP contribution in [0.15, 0.2) is 54.6 Å². The number of benzene rings is 2. The van der Waals surface area contributed by atoms with E-state index in [1.165, 1.54) is 18.2 Å². The molecule has 0 saturated carbocycles. The molecular weight excluding hydrogens is 346 g/mol. The van der Waals surface area contributed by atoms with Crippen LogP contribution in [0.1, 0.15) is 36.2 Å². The number of amides is 2. The number of nitro benzene ring substituents is 1. The topological polar surface area (TPSA) is 101 Å². The number of hydrogen-bond acceptors (Lipinski definition) is 4. The average Bonchev–Trinajstić information content (AvgIpc) is 2.67. The predicted molar refractivity (Wildman–Crippen MR) is 104 cm³/mol. The van der Waals surface area contributed by atoms with Crippen LogP contribution in [0.3, 0.4) is 0 Å². The van der Waals surface area contributed by atoms with E-state index in [4.69, 9.17) is 0 Å². The molecule has 0 aliphatic carbocycles. The van der Waals surface area contributed by atoms with Crippen molar-refractivity contribution in [2.45, 2.75) is 26.3 Å². The molecular formula is C20H21N3O4. The highest BCUT2D eigenvalue weighted by Gasteiger charge is 2.08. The molecule has 2 aromatic carbocycles. The molecule has 2 amide bonds. The number of nitro groups is 1. The maximum absolute atomic E-state index is 12.0. The first-order valence-electron chi connectivity index (χ1n) is 8.53. The Hall–Kier alpha value is -3.48. The Balaban J connectivity index is 1.93. The second-order valence-electron chi connectivity index (χ2n) is 6.03. The summed E-state index contributed by atoms with van der Waals surface area (Å²) < 4.78 is 0. The fourth-order valence-electron chi connectivity index (χ4n) is 2.18. The number of carbonyl (C=O) groups excluding carboxylic acids is 2. The Bertz CT molecular complexity index is 843. The van der Waals surface area contributed by atoms with Gasteiger partial charge in [0.05, 0.1) is 4.92 Å². The lowest BCUT2D eigenvalue weighted by molar-refractivity contribution is -0.384. The maximum atomic E-state index is 12.0.